The number of hydrogen-bond donors (Lipinski definition) is 3. The first-order chi connectivity index (χ1) is 20.6. The molecule has 4 rings (SSSR count). The van der Waals surface area contributed by atoms with Crippen LogP contribution in [-0.4, -0.2) is 81.0 Å². The van der Waals surface area contributed by atoms with Crippen molar-refractivity contribution in [2.24, 2.45) is 11.8 Å². The number of nitrogens with one attached hydrogen (secondary N) is 1. The molecule has 2 aliphatic heterocycles. The quantitative estimate of drug-likeness (QED) is 0.329. The predicted molar refractivity (Wildman–Crippen MR) is 166 cm³/mol. The molecular weight excluding hydrogens is 590 g/mol. The summed E-state index contributed by atoms with van der Waals surface area (Å²) in [4.78, 5) is 48.3. The van der Waals surface area contributed by atoms with Gasteiger partial charge in [0.25, 0.3) is 0 Å². The zero-order chi connectivity index (χ0) is 32.3. The van der Waals surface area contributed by atoms with Crippen LogP contribution in [-0.2, 0) is 14.3 Å². The summed E-state index contributed by atoms with van der Waals surface area (Å²) in [6, 6.07) is 4.01. The molecule has 0 saturated carbocycles. The number of likely N-dealkylation sites (tertiary alicyclic amines) is 1. The molecule has 1 amide bonds. The number of carboxylic acid groups (broad SMARTS) is 2. The largest absolute Gasteiger partial charge is 0.489 e. The normalized spacial score (nSPS) is 19.5. The number of anilines is 3. The molecule has 1 aromatic carbocycles. The Kier molecular flexibility index (Phi) is 10.1. The maximum absolute atomic E-state index is 12.6. The molecule has 2 atom stereocenters. The summed E-state index contributed by atoms with van der Waals surface area (Å²) in [5.74, 6) is -2.55. The number of hydrogen-bond acceptors (Lipinski definition) is 9. The Morgan fingerprint density at radius 1 is 1.07 bits per heavy atom. The number of piperidine rings is 2. The number of aliphatic carboxylic acids is 2. The van der Waals surface area contributed by atoms with Crippen molar-refractivity contribution in [3.63, 3.8) is 0 Å². The number of carbonyl (C=O) groups is 3. The van der Waals surface area contributed by atoms with Crippen molar-refractivity contribution in [3.8, 4) is 5.75 Å². The molecule has 2 aromatic rings. The summed E-state index contributed by atoms with van der Waals surface area (Å²) < 4.78 is 11.7. The number of benzene rings is 1. The van der Waals surface area contributed by atoms with Crippen LogP contribution in [0.3, 0.4) is 0 Å². The van der Waals surface area contributed by atoms with E-state index in [1.807, 2.05) is 53.7 Å². The van der Waals surface area contributed by atoms with Crippen molar-refractivity contribution in [2.75, 3.05) is 36.4 Å². The Morgan fingerprint density at radius 2 is 1.68 bits per heavy atom. The SMILES string of the molecule is Cc1cc(Nc2ncc(Cl)c(N3C[C@H](C(=O)O)C[C@H](C(=O)O)C3)n2)c(OC(C)C)cc1C1CCN(C(=O)OC(C)(C)C)CC1. The van der Waals surface area contributed by atoms with Crippen molar-refractivity contribution in [1.29, 1.82) is 0 Å². The molecule has 1 aromatic heterocycles. The third kappa shape index (κ3) is 8.22. The molecule has 0 aliphatic carbocycles. The fourth-order valence-electron chi connectivity index (χ4n) is 5.68. The summed E-state index contributed by atoms with van der Waals surface area (Å²) in [7, 11) is 0. The van der Waals surface area contributed by atoms with Crippen molar-refractivity contribution < 1.29 is 34.1 Å². The van der Waals surface area contributed by atoms with Crippen LogP contribution >= 0.6 is 11.6 Å². The summed E-state index contributed by atoms with van der Waals surface area (Å²) in [5.41, 5.74) is 2.28. The standard InChI is InChI=1S/C31H42ClN5O7/c1-17(2)43-25-13-22(19-7-9-36(10-8-19)30(42)44-31(4,5)6)18(3)11-24(25)34-29-33-14-23(32)26(35-29)37-15-20(27(38)39)12-21(16-37)28(40)41/h11,13-14,17,19-21H,7-10,12,15-16H2,1-6H3,(H,38,39)(H,40,41)(H,33,34,35)/t20-,21+. The van der Waals surface area contributed by atoms with Gasteiger partial charge < -0.3 is 34.8 Å². The van der Waals surface area contributed by atoms with E-state index in [2.05, 4.69) is 15.3 Å². The van der Waals surface area contributed by atoms with Gasteiger partial charge in [0.15, 0.2) is 5.82 Å². The lowest BCUT2D eigenvalue weighted by atomic mass is 9.86. The summed E-state index contributed by atoms with van der Waals surface area (Å²) in [6.45, 7) is 12.8. The molecule has 2 aliphatic rings. The van der Waals surface area contributed by atoms with Gasteiger partial charge in [0.2, 0.25) is 5.95 Å². The van der Waals surface area contributed by atoms with Gasteiger partial charge in [0.1, 0.15) is 16.4 Å². The highest BCUT2D eigenvalue weighted by Gasteiger charge is 2.36. The monoisotopic (exact) mass is 631 g/mol. The maximum Gasteiger partial charge on any atom is 0.410 e. The number of ether oxygens (including phenoxy) is 2. The van der Waals surface area contributed by atoms with Gasteiger partial charge in [-0.2, -0.15) is 4.98 Å². The molecule has 3 heterocycles. The Hall–Kier alpha value is -3.80. The number of amides is 1. The first kappa shape index (κ1) is 33.1. The molecular formula is C31H42ClN5O7. The Balaban J connectivity index is 1.56. The molecule has 240 valence electrons. The summed E-state index contributed by atoms with van der Waals surface area (Å²) >= 11 is 6.43. The summed E-state index contributed by atoms with van der Waals surface area (Å²) in [6.07, 6.45) is 2.63. The van der Waals surface area contributed by atoms with E-state index in [0.717, 1.165) is 24.0 Å². The molecule has 0 unspecified atom stereocenters. The Morgan fingerprint density at radius 3 is 2.23 bits per heavy atom. The second-order valence-corrected chi connectivity index (χ2v) is 13.2. The molecule has 0 spiro atoms. The average Bonchev–Trinajstić information content (AvgIpc) is 2.94. The van der Waals surface area contributed by atoms with Crippen LogP contribution in [0, 0.1) is 18.8 Å². The first-order valence-electron chi connectivity index (χ1n) is 14.9. The minimum atomic E-state index is -1.06. The highest BCUT2D eigenvalue weighted by molar-refractivity contribution is 6.32. The lowest BCUT2D eigenvalue weighted by Gasteiger charge is -2.35. The molecule has 13 heteroatoms. The molecule has 2 fully saturated rings. The van der Waals surface area contributed by atoms with E-state index in [4.69, 9.17) is 21.1 Å². The molecule has 0 radical (unpaired) electrons. The van der Waals surface area contributed by atoms with Gasteiger partial charge in [-0.3, -0.25) is 9.59 Å². The lowest BCUT2D eigenvalue weighted by molar-refractivity contribution is -0.146. The number of rotatable bonds is 8. The lowest BCUT2D eigenvalue weighted by Crippen LogP contribution is -2.46. The molecule has 12 nitrogen and oxygen atoms in total. The molecule has 0 bridgehead atoms. The van der Waals surface area contributed by atoms with E-state index in [9.17, 15) is 24.6 Å². The van der Waals surface area contributed by atoms with E-state index < -0.39 is 29.4 Å². The van der Waals surface area contributed by atoms with E-state index in [1.54, 1.807) is 9.80 Å². The fourth-order valence-corrected chi connectivity index (χ4v) is 5.89. The topological polar surface area (TPSA) is 154 Å². The average molecular weight is 632 g/mol. The number of aromatic nitrogens is 2. The van der Waals surface area contributed by atoms with E-state index in [-0.39, 0.29) is 54.4 Å². The Labute approximate surface area is 262 Å². The van der Waals surface area contributed by atoms with E-state index in [1.165, 1.54) is 6.20 Å². The van der Waals surface area contributed by atoms with E-state index in [0.29, 0.717) is 24.5 Å². The third-order valence-electron chi connectivity index (χ3n) is 7.74. The number of carbonyl (C=O) groups excluding carboxylic acids is 1. The third-order valence-corrected chi connectivity index (χ3v) is 8.00. The van der Waals surface area contributed by atoms with Crippen molar-refractivity contribution in [2.45, 2.75) is 78.4 Å². The van der Waals surface area contributed by atoms with Crippen LogP contribution in [0.25, 0.3) is 0 Å². The number of halogens is 1. The van der Waals surface area contributed by atoms with Gasteiger partial charge in [-0.05, 0) is 90.0 Å². The van der Waals surface area contributed by atoms with Crippen LogP contribution in [0.4, 0.5) is 22.2 Å². The van der Waals surface area contributed by atoms with Crippen molar-refractivity contribution >= 4 is 47.1 Å². The second-order valence-electron chi connectivity index (χ2n) is 12.8. The van der Waals surface area contributed by atoms with Gasteiger partial charge >= 0.3 is 18.0 Å². The number of aryl methyl sites for hydroxylation is 1. The smallest absolute Gasteiger partial charge is 0.410 e. The van der Waals surface area contributed by atoms with Crippen LogP contribution in [0.2, 0.25) is 5.02 Å². The fraction of sp³-hybridized carbons (Fsp3) is 0.581. The Bertz CT molecular complexity index is 1370. The van der Waals surface area contributed by atoms with Crippen molar-refractivity contribution in [3.05, 3.63) is 34.5 Å². The van der Waals surface area contributed by atoms with Gasteiger partial charge in [-0.1, -0.05) is 11.6 Å². The minimum absolute atomic E-state index is 0.0382. The van der Waals surface area contributed by atoms with Gasteiger partial charge in [-0.15, -0.1) is 0 Å². The predicted octanol–water partition coefficient (Wildman–Crippen LogP) is 5.70. The van der Waals surface area contributed by atoms with Gasteiger partial charge in [0.05, 0.1) is 29.8 Å². The van der Waals surface area contributed by atoms with Crippen LogP contribution in [0.5, 0.6) is 5.75 Å². The highest BCUT2D eigenvalue weighted by Crippen LogP contribution is 2.39. The molecule has 44 heavy (non-hydrogen) atoms. The second kappa shape index (κ2) is 13.5. The maximum atomic E-state index is 12.6. The number of carboxylic acids is 2. The van der Waals surface area contributed by atoms with Gasteiger partial charge in [0, 0.05) is 26.2 Å². The van der Waals surface area contributed by atoms with E-state index >= 15 is 0 Å². The van der Waals surface area contributed by atoms with Crippen LogP contribution < -0.4 is 15.0 Å². The highest BCUT2D eigenvalue weighted by atomic mass is 35.5. The first-order valence-corrected chi connectivity index (χ1v) is 15.3. The molecule has 3 N–H and O–H groups in total. The van der Waals surface area contributed by atoms with Crippen molar-refractivity contribution in [1.82, 2.24) is 14.9 Å². The zero-order valence-electron chi connectivity index (χ0n) is 26.1. The van der Waals surface area contributed by atoms with Gasteiger partial charge in [-0.25, -0.2) is 9.78 Å². The molecule has 2 saturated heterocycles. The summed E-state index contributed by atoms with van der Waals surface area (Å²) in [5, 5.41) is 22.6. The minimum Gasteiger partial charge on any atom is -0.489 e. The number of nitrogens with zero attached hydrogens (tertiary/aromatic N) is 4. The van der Waals surface area contributed by atoms with Crippen LogP contribution in [0.1, 0.15) is 70.9 Å². The zero-order valence-corrected chi connectivity index (χ0v) is 26.8. The van der Waals surface area contributed by atoms with Crippen LogP contribution in [0.15, 0.2) is 18.3 Å².